The van der Waals surface area contributed by atoms with E-state index in [0.717, 1.165) is 0 Å². The van der Waals surface area contributed by atoms with E-state index < -0.39 is 22.0 Å². The molecular weight excluding hydrogens is 284 g/mol. The van der Waals surface area contributed by atoms with E-state index in [1.165, 1.54) is 20.2 Å². The number of carbonyl (C=O) groups excluding carboxylic acids is 1. The van der Waals surface area contributed by atoms with Gasteiger partial charge in [0, 0.05) is 20.1 Å². The molecule has 1 unspecified atom stereocenters. The first-order valence-corrected chi connectivity index (χ1v) is 7.72. The van der Waals surface area contributed by atoms with Gasteiger partial charge in [-0.25, -0.2) is 13.4 Å². The van der Waals surface area contributed by atoms with Crippen LogP contribution in [0.3, 0.4) is 0 Å². The van der Waals surface area contributed by atoms with Gasteiger partial charge in [0.05, 0.1) is 18.8 Å². The average Bonchev–Trinajstić information content (AvgIpc) is 2.88. The van der Waals surface area contributed by atoms with Crippen molar-refractivity contribution in [1.29, 1.82) is 0 Å². The summed E-state index contributed by atoms with van der Waals surface area (Å²) in [5, 5.41) is 2.51. The lowest BCUT2D eigenvalue weighted by atomic mass is 10.3. The first-order chi connectivity index (χ1) is 9.40. The van der Waals surface area contributed by atoms with Crippen LogP contribution >= 0.6 is 0 Å². The van der Waals surface area contributed by atoms with Crippen LogP contribution in [-0.2, 0) is 26.0 Å². The molecule has 0 saturated carbocycles. The second-order valence-electron chi connectivity index (χ2n) is 4.17. The minimum Gasteiger partial charge on any atom is -0.383 e. The number of carbonyl (C=O) groups is 1. The minimum atomic E-state index is -3.78. The van der Waals surface area contributed by atoms with E-state index in [4.69, 9.17) is 4.74 Å². The molecule has 1 heterocycles. The molecule has 1 aromatic heterocycles. The van der Waals surface area contributed by atoms with E-state index in [9.17, 15) is 13.2 Å². The summed E-state index contributed by atoms with van der Waals surface area (Å²) >= 11 is 0. The number of ether oxygens (including phenoxy) is 1. The van der Waals surface area contributed by atoms with Crippen LogP contribution in [-0.4, -0.2) is 50.6 Å². The lowest BCUT2D eigenvalue weighted by Crippen LogP contribution is -2.45. The molecule has 1 rings (SSSR count). The molecule has 0 saturated heterocycles. The number of aromatic nitrogens is 2. The van der Waals surface area contributed by atoms with Crippen molar-refractivity contribution in [2.75, 3.05) is 20.3 Å². The average molecular weight is 304 g/mol. The van der Waals surface area contributed by atoms with Gasteiger partial charge in [0.25, 0.3) is 10.0 Å². The summed E-state index contributed by atoms with van der Waals surface area (Å²) < 4.78 is 31.1. The molecule has 114 valence electrons. The molecule has 8 nitrogen and oxygen atoms in total. The molecule has 0 aliphatic heterocycles. The fourth-order valence-corrected chi connectivity index (χ4v) is 2.58. The third-order valence-corrected chi connectivity index (χ3v) is 4.01. The number of aromatic amines is 1. The lowest BCUT2D eigenvalue weighted by molar-refractivity contribution is -0.122. The van der Waals surface area contributed by atoms with E-state index in [0.29, 0.717) is 25.4 Å². The Morgan fingerprint density at radius 1 is 1.55 bits per heavy atom. The maximum atomic E-state index is 12.0. The van der Waals surface area contributed by atoms with Crippen LogP contribution in [0.25, 0.3) is 0 Å². The van der Waals surface area contributed by atoms with Crippen molar-refractivity contribution in [3.05, 3.63) is 12.0 Å². The number of rotatable bonds is 8. The molecule has 1 aromatic rings. The molecule has 3 N–H and O–H groups in total. The molecule has 0 aliphatic rings. The van der Waals surface area contributed by atoms with Gasteiger partial charge >= 0.3 is 0 Å². The van der Waals surface area contributed by atoms with Gasteiger partial charge in [-0.3, -0.25) is 4.79 Å². The molecule has 0 aromatic carbocycles. The number of aryl methyl sites for hydroxylation is 1. The predicted octanol–water partition coefficient (Wildman–Crippen LogP) is -0.598. The minimum absolute atomic E-state index is 0.0501. The summed E-state index contributed by atoms with van der Waals surface area (Å²) in [6.45, 7) is 4.02. The number of hydrogen-bond donors (Lipinski definition) is 3. The summed E-state index contributed by atoms with van der Waals surface area (Å²) in [6.07, 6.45) is 1.83. The lowest BCUT2D eigenvalue weighted by Gasteiger charge is -2.13. The van der Waals surface area contributed by atoms with Crippen molar-refractivity contribution < 1.29 is 17.9 Å². The molecule has 0 aliphatic carbocycles. The number of sulfonamides is 1. The maximum Gasteiger partial charge on any atom is 0.258 e. The van der Waals surface area contributed by atoms with Crippen LogP contribution in [0.5, 0.6) is 0 Å². The van der Waals surface area contributed by atoms with Crippen molar-refractivity contribution in [3.8, 4) is 0 Å². The molecule has 0 radical (unpaired) electrons. The Hall–Kier alpha value is -1.45. The van der Waals surface area contributed by atoms with Crippen molar-refractivity contribution in [2.24, 2.45) is 0 Å². The number of hydrogen-bond acceptors (Lipinski definition) is 5. The number of methoxy groups -OCH3 is 1. The Kier molecular flexibility index (Phi) is 6.11. The van der Waals surface area contributed by atoms with Crippen LogP contribution in [0.4, 0.5) is 0 Å². The molecule has 20 heavy (non-hydrogen) atoms. The van der Waals surface area contributed by atoms with Gasteiger partial charge in [0.1, 0.15) is 5.82 Å². The molecule has 0 fully saturated rings. The Balaban J connectivity index is 2.63. The van der Waals surface area contributed by atoms with Gasteiger partial charge in [0.2, 0.25) is 5.91 Å². The van der Waals surface area contributed by atoms with E-state index in [1.807, 2.05) is 6.92 Å². The summed E-state index contributed by atoms with van der Waals surface area (Å²) in [6, 6.07) is -0.884. The largest absolute Gasteiger partial charge is 0.383 e. The Bertz CT molecular complexity index is 540. The van der Waals surface area contributed by atoms with Gasteiger partial charge < -0.3 is 15.0 Å². The zero-order valence-corrected chi connectivity index (χ0v) is 12.6. The number of H-pyrrole nitrogens is 1. The molecular formula is C11H20N4O4S. The normalized spacial score (nSPS) is 13.2. The second-order valence-corrected chi connectivity index (χ2v) is 5.86. The molecule has 1 amide bonds. The number of nitrogens with zero attached hydrogens (tertiary/aromatic N) is 1. The van der Waals surface area contributed by atoms with Gasteiger partial charge in [-0.15, -0.1) is 0 Å². The van der Waals surface area contributed by atoms with E-state index in [2.05, 4.69) is 20.0 Å². The summed E-state index contributed by atoms with van der Waals surface area (Å²) in [5.74, 6) is 0.156. The third kappa shape index (κ3) is 4.58. The molecule has 0 bridgehead atoms. The van der Waals surface area contributed by atoms with E-state index >= 15 is 0 Å². The summed E-state index contributed by atoms with van der Waals surface area (Å²) in [4.78, 5) is 18.3. The Morgan fingerprint density at radius 3 is 2.80 bits per heavy atom. The third-order valence-electron chi connectivity index (χ3n) is 2.56. The molecule has 1 atom stereocenters. The first kappa shape index (κ1) is 16.6. The van der Waals surface area contributed by atoms with Crippen LogP contribution in [0.1, 0.15) is 19.7 Å². The van der Waals surface area contributed by atoms with Crippen LogP contribution in [0, 0.1) is 0 Å². The van der Waals surface area contributed by atoms with Crippen molar-refractivity contribution in [2.45, 2.75) is 31.3 Å². The van der Waals surface area contributed by atoms with E-state index in [1.54, 1.807) is 0 Å². The highest BCUT2D eigenvalue weighted by atomic mass is 32.2. The standard InChI is InChI=1S/C11H20N4O4S/c1-4-9-13-7-10(14-9)20(17,18)15-8(2)11(16)12-5-6-19-3/h7-8,15H,4-6H2,1-3H3,(H,12,16)(H,13,14). The topological polar surface area (TPSA) is 113 Å². The van der Waals surface area contributed by atoms with Crippen LogP contribution in [0.2, 0.25) is 0 Å². The summed E-state index contributed by atoms with van der Waals surface area (Å²) in [5.41, 5.74) is 0. The van der Waals surface area contributed by atoms with Crippen LogP contribution < -0.4 is 10.0 Å². The highest BCUT2D eigenvalue weighted by Gasteiger charge is 2.23. The van der Waals surface area contributed by atoms with Crippen molar-refractivity contribution in [1.82, 2.24) is 20.0 Å². The predicted molar refractivity (Wildman–Crippen MR) is 72.6 cm³/mol. The van der Waals surface area contributed by atoms with Crippen molar-refractivity contribution >= 4 is 15.9 Å². The van der Waals surface area contributed by atoms with Gasteiger partial charge in [-0.1, -0.05) is 6.92 Å². The fourth-order valence-electron chi connectivity index (χ4n) is 1.44. The first-order valence-electron chi connectivity index (χ1n) is 6.23. The highest BCUT2D eigenvalue weighted by Crippen LogP contribution is 2.06. The molecule has 9 heteroatoms. The maximum absolute atomic E-state index is 12.0. The van der Waals surface area contributed by atoms with Gasteiger partial charge in [-0.05, 0) is 6.92 Å². The zero-order chi connectivity index (χ0) is 15.2. The monoisotopic (exact) mass is 304 g/mol. The summed E-state index contributed by atoms with van der Waals surface area (Å²) in [7, 11) is -2.27. The number of imidazole rings is 1. The van der Waals surface area contributed by atoms with Crippen LogP contribution in [0.15, 0.2) is 11.2 Å². The Labute approximate surface area is 118 Å². The van der Waals surface area contributed by atoms with E-state index in [-0.39, 0.29) is 5.03 Å². The second kappa shape index (κ2) is 7.36. The SMILES string of the molecule is CCc1ncc(S(=O)(=O)NC(C)C(=O)NCCOC)[nH]1. The van der Waals surface area contributed by atoms with Crippen molar-refractivity contribution in [3.63, 3.8) is 0 Å². The quantitative estimate of drug-likeness (QED) is 0.555. The number of amides is 1. The molecule has 0 spiro atoms. The van der Waals surface area contributed by atoms with Gasteiger partial charge in [0.15, 0.2) is 5.03 Å². The smallest absolute Gasteiger partial charge is 0.258 e. The fraction of sp³-hybridized carbons (Fsp3) is 0.636. The zero-order valence-electron chi connectivity index (χ0n) is 11.8. The van der Waals surface area contributed by atoms with Gasteiger partial charge in [-0.2, -0.15) is 4.72 Å². The highest BCUT2D eigenvalue weighted by molar-refractivity contribution is 7.89. The number of nitrogens with one attached hydrogen (secondary N) is 3. The Morgan fingerprint density at radius 2 is 2.25 bits per heavy atom.